The van der Waals surface area contributed by atoms with Crippen LogP contribution in [0, 0.1) is 4.91 Å². The normalized spacial score (nSPS) is 11.0. The number of rotatable bonds is 4. The molecule has 0 fully saturated rings. The van der Waals surface area contributed by atoms with Crippen molar-refractivity contribution in [2.45, 2.75) is 11.2 Å². The number of carbonyl (C=O) groups excluding carboxylic acids is 1. The molecule has 0 amide bonds. The monoisotopic (exact) mass is 281 g/mol. The Bertz CT molecular complexity index is 320. The van der Waals surface area contributed by atoms with E-state index in [1.54, 1.807) is 0 Å². The zero-order valence-electron chi connectivity index (χ0n) is 7.22. The van der Waals surface area contributed by atoms with Crippen molar-refractivity contribution < 1.29 is 9.63 Å². The van der Waals surface area contributed by atoms with Gasteiger partial charge >= 0.3 is 35.5 Å². The summed E-state index contributed by atoms with van der Waals surface area (Å²) in [5, 5.41) is 2.07. The van der Waals surface area contributed by atoms with Crippen LogP contribution in [0.2, 0.25) is 0 Å². The second-order valence-electron chi connectivity index (χ2n) is 2.64. The number of carbonyl (C=O) groups is 1. The van der Waals surface area contributed by atoms with E-state index in [9.17, 15) is 9.70 Å². The van der Waals surface area contributed by atoms with Gasteiger partial charge in [0.15, 0.2) is 5.34 Å². The van der Waals surface area contributed by atoms with Crippen molar-refractivity contribution in [1.29, 1.82) is 0 Å². The second-order valence-corrected chi connectivity index (χ2v) is 3.75. The van der Waals surface area contributed by atoms with E-state index < -0.39 is 10.8 Å². The van der Waals surface area contributed by atoms with E-state index in [0.29, 0.717) is 6.42 Å². The Kier molecular flexibility index (Phi) is 7.86. The van der Waals surface area contributed by atoms with Gasteiger partial charge in [-0.3, -0.25) is 4.84 Å². The number of halogens is 1. The predicted molar refractivity (Wildman–Crippen MR) is 61.9 cm³/mol. The van der Waals surface area contributed by atoms with E-state index in [1.807, 2.05) is 30.3 Å². The average molecular weight is 282 g/mol. The molecule has 0 aromatic heterocycles. The molecule has 0 unspecified atom stereocenters. The molecule has 0 N–H and O–H groups in total. The van der Waals surface area contributed by atoms with Crippen LogP contribution in [0.3, 0.4) is 0 Å². The average Bonchev–Trinajstić information content (AvgIpc) is 2.19. The van der Waals surface area contributed by atoms with Gasteiger partial charge in [-0.2, -0.15) is 0 Å². The van der Waals surface area contributed by atoms with Crippen LogP contribution in [-0.4, -0.2) is 40.4 Å². The van der Waals surface area contributed by atoms with Crippen molar-refractivity contribution in [3.05, 3.63) is 40.8 Å². The zero-order chi connectivity index (χ0) is 10.4. The number of nitrogens with zero attached hydrogens (tertiary/aromatic N) is 1. The molecule has 76 valence electrons. The van der Waals surface area contributed by atoms with Gasteiger partial charge in [-0.1, -0.05) is 46.3 Å². The topological polar surface area (TPSA) is 55.7 Å². The van der Waals surface area contributed by atoms with Crippen LogP contribution >= 0.6 is 15.9 Å². The number of benzene rings is 1. The van der Waals surface area contributed by atoms with Gasteiger partial charge in [-0.25, -0.2) is 4.79 Å². The molecule has 15 heavy (non-hydrogen) atoms. The Morgan fingerprint density at radius 3 is 2.53 bits per heavy atom. The standard InChI is InChI=1S/C9H8BrNO3.Na.H/c10-8(9(12)14-11-13)6-7-4-2-1-3-5-7;;/h1-5,8H,6H2;;/t8-;;/m1../s1. The van der Waals surface area contributed by atoms with Crippen molar-refractivity contribution in [2.24, 2.45) is 5.34 Å². The summed E-state index contributed by atoms with van der Waals surface area (Å²) in [6.07, 6.45) is 0.467. The molecule has 1 atom stereocenters. The summed E-state index contributed by atoms with van der Waals surface area (Å²) in [4.78, 5) is 24.1. The van der Waals surface area contributed by atoms with Crippen molar-refractivity contribution in [3.8, 4) is 0 Å². The first-order valence-corrected chi connectivity index (χ1v) is 4.87. The zero-order valence-corrected chi connectivity index (χ0v) is 8.81. The fourth-order valence-electron chi connectivity index (χ4n) is 0.998. The molecule has 0 saturated heterocycles. The van der Waals surface area contributed by atoms with Gasteiger partial charge in [0, 0.05) is 0 Å². The Balaban J connectivity index is 0.00000196. The third-order valence-corrected chi connectivity index (χ3v) is 2.34. The van der Waals surface area contributed by atoms with E-state index in [2.05, 4.69) is 26.1 Å². The SMILES string of the molecule is O=NOC(=O)[C@H](Br)Cc1ccccc1.[NaH]. The first-order valence-electron chi connectivity index (χ1n) is 3.95. The molecule has 0 aliphatic rings. The molecule has 1 aromatic carbocycles. The Labute approximate surface area is 118 Å². The van der Waals surface area contributed by atoms with Crippen LogP contribution in [-0.2, 0) is 16.1 Å². The van der Waals surface area contributed by atoms with Crippen molar-refractivity contribution in [1.82, 2.24) is 0 Å². The van der Waals surface area contributed by atoms with Crippen LogP contribution in [0.4, 0.5) is 0 Å². The Morgan fingerprint density at radius 1 is 1.40 bits per heavy atom. The van der Waals surface area contributed by atoms with Crippen molar-refractivity contribution in [2.75, 3.05) is 0 Å². The predicted octanol–water partition coefficient (Wildman–Crippen LogP) is 1.57. The number of hydrogen-bond acceptors (Lipinski definition) is 4. The van der Waals surface area contributed by atoms with Crippen LogP contribution in [0.1, 0.15) is 5.56 Å². The van der Waals surface area contributed by atoms with E-state index in [-0.39, 0.29) is 29.6 Å². The molecular weight excluding hydrogens is 273 g/mol. The van der Waals surface area contributed by atoms with Crippen LogP contribution in [0.5, 0.6) is 0 Å². The maximum atomic E-state index is 11.0. The Morgan fingerprint density at radius 2 is 2.00 bits per heavy atom. The van der Waals surface area contributed by atoms with Gasteiger partial charge in [0.1, 0.15) is 4.83 Å². The molecule has 0 bridgehead atoms. The van der Waals surface area contributed by atoms with Gasteiger partial charge in [0.25, 0.3) is 0 Å². The van der Waals surface area contributed by atoms with E-state index in [0.717, 1.165) is 5.56 Å². The minimum absolute atomic E-state index is 0. The van der Waals surface area contributed by atoms with Crippen LogP contribution in [0.25, 0.3) is 0 Å². The molecule has 0 spiro atoms. The third-order valence-electron chi connectivity index (χ3n) is 1.64. The molecule has 1 rings (SSSR count). The second kappa shape index (κ2) is 7.98. The fourth-order valence-corrected chi connectivity index (χ4v) is 1.46. The van der Waals surface area contributed by atoms with Crippen molar-refractivity contribution in [3.63, 3.8) is 0 Å². The first-order chi connectivity index (χ1) is 6.74. The summed E-state index contributed by atoms with van der Waals surface area (Å²) >= 11 is 3.11. The van der Waals surface area contributed by atoms with E-state index in [4.69, 9.17) is 0 Å². The molecule has 0 aliphatic heterocycles. The molecule has 0 heterocycles. The third kappa shape index (κ3) is 5.41. The summed E-state index contributed by atoms with van der Waals surface area (Å²) in [6.45, 7) is 0. The molecule has 1 aromatic rings. The summed E-state index contributed by atoms with van der Waals surface area (Å²) in [5.41, 5.74) is 0.984. The van der Waals surface area contributed by atoms with E-state index in [1.165, 1.54) is 0 Å². The molecule has 0 saturated carbocycles. The summed E-state index contributed by atoms with van der Waals surface area (Å²) in [6, 6.07) is 9.40. The summed E-state index contributed by atoms with van der Waals surface area (Å²) < 4.78 is 0. The maximum absolute atomic E-state index is 11.0. The van der Waals surface area contributed by atoms with E-state index >= 15 is 0 Å². The van der Waals surface area contributed by atoms with Gasteiger partial charge in [-0.15, -0.1) is 4.91 Å². The summed E-state index contributed by atoms with van der Waals surface area (Å²) in [5.74, 6) is -0.677. The number of hydrogen-bond donors (Lipinski definition) is 0. The van der Waals surface area contributed by atoms with Gasteiger partial charge in [0.2, 0.25) is 0 Å². The molecule has 4 nitrogen and oxygen atoms in total. The van der Waals surface area contributed by atoms with Gasteiger partial charge in [0.05, 0.1) is 0 Å². The fraction of sp³-hybridized carbons (Fsp3) is 0.222. The van der Waals surface area contributed by atoms with Crippen LogP contribution in [0.15, 0.2) is 35.7 Å². The molecule has 0 radical (unpaired) electrons. The molecule has 6 heteroatoms. The minimum atomic E-state index is -0.677. The first kappa shape index (κ1) is 14.8. The van der Waals surface area contributed by atoms with Gasteiger partial charge < -0.3 is 0 Å². The van der Waals surface area contributed by atoms with Gasteiger partial charge in [-0.05, 0) is 12.0 Å². The summed E-state index contributed by atoms with van der Waals surface area (Å²) in [7, 11) is 0. The van der Waals surface area contributed by atoms with Crippen LogP contribution < -0.4 is 0 Å². The molecular formula is C9H9BrNNaO3. The number of alkyl halides is 1. The quantitative estimate of drug-likeness (QED) is 0.364. The Hall–Kier alpha value is -0.230. The van der Waals surface area contributed by atoms with Crippen molar-refractivity contribution >= 4 is 51.5 Å². The molecule has 0 aliphatic carbocycles.